The lowest BCUT2D eigenvalue weighted by molar-refractivity contribution is 0.0681. The summed E-state index contributed by atoms with van der Waals surface area (Å²) in [6, 6.07) is 8.78. The normalized spacial score (nSPS) is 13.1. The second kappa shape index (κ2) is 4.76. The number of benzene rings is 1. The molecule has 0 saturated heterocycles. The van der Waals surface area contributed by atoms with Gasteiger partial charge < -0.3 is 10.0 Å². The molecular formula is C14H10N4O3. The lowest BCUT2D eigenvalue weighted by Gasteiger charge is -2.16. The summed E-state index contributed by atoms with van der Waals surface area (Å²) in [5, 5.41) is 18.1. The zero-order valence-electron chi connectivity index (χ0n) is 10.9. The van der Waals surface area contributed by atoms with Crippen LogP contribution in [0, 0.1) is 11.3 Å². The van der Waals surface area contributed by atoms with Crippen molar-refractivity contribution in [2.24, 2.45) is 0 Å². The Kier molecular flexibility index (Phi) is 2.92. The molecule has 1 amide bonds. The Hall–Kier alpha value is -3.14. The van der Waals surface area contributed by atoms with Crippen LogP contribution < -0.4 is 0 Å². The molecule has 0 fully saturated rings. The Morgan fingerprint density at radius 1 is 1.43 bits per heavy atom. The molecule has 1 N–H and O–H groups in total. The minimum absolute atomic E-state index is 0.0305. The number of hydrogen-bond donors (Lipinski definition) is 1. The second-order valence-electron chi connectivity index (χ2n) is 4.55. The van der Waals surface area contributed by atoms with Crippen LogP contribution in [0.4, 0.5) is 0 Å². The van der Waals surface area contributed by atoms with E-state index in [1.54, 1.807) is 28.8 Å². The topological polar surface area (TPSA) is 99.2 Å². The summed E-state index contributed by atoms with van der Waals surface area (Å²) in [5.41, 5.74) is 1.26. The van der Waals surface area contributed by atoms with E-state index < -0.39 is 5.97 Å². The minimum atomic E-state index is -1.16. The number of carbonyl (C=O) groups excluding carboxylic acids is 1. The quantitative estimate of drug-likeness (QED) is 0.830. The summed E-state index contributed by atoms with van der Waals surface area (Å²) in [4.78, 5) is 28.9. The van der Waals surface area contributed by atoms with Crippen molar-refractivity contribution >= 4 is 11.9 Å². The monoisotopic (exact) mass is 282 g/mol. The van der Waals surface area contributed by atoms with E-state index in [9.17, 15) is 14.7 Å². The fraction of sp³-hybridized carbons (Fsp3) is 0.143. The smallest absolute Gasteiger partial charge is 0.356 e. The Labute approximate surface area is 119 Å². The second-order valence-corrected chi connectivity index (χ2v) is 4.55. The number of amides is 1. The summed E-state index contributed by atoms with van der Waals surface area (Å²) in [7, 11) is 0. The van der Waals surface area contributed by atoms with E-state index in [0.29, 0.717) is 16.9 Å². The molecule has 7 heteroatoms. The number of rotatable bonds is 2. The van der Waals surface area contributed by atoms with E-state index in [1.165, 1.54) is 11.2 Å². The molecule has 21 heavy (non-hydrogen) atoms. The number of aromatic carboxylic acids is 1. The van der Waals surface area contributed by atoms with Crippen molar-refractivity contribution in [3.05, 3.63) is 47.5 Å². The first-order valence-electron chi connectivity index (χ1n) is 6.18. The lowest BCUT2D eigenvalue weighted by atomic mass is 10.1. The van der Waals surface area contributed by atoms with Gasteiger partial charge in [0.1, 0.15) is 12.9 Å². The maximum absolute atomic E-state index is 12.5. The van der Waals surface area contributed by atoms with Crippen molar-refractivity contribution in [1.29, 1.82) is 5.26 Å². The first-order valence-corrected chi connectivity index (χ1v) is 6.18. The molecule has 0 saturated carbocycles. The summed E-state index contributed by atoms with van der Waals surface area (Å²) < 4.78 is 1.59. The van der Waals surface area contributed by atoms with Crippen molar-refractivity contribution in [3.8, 4) is 11.8 Å². The van der Waals surface area contributed by atoms with Crippen LogP contribution in [0.1, 0.15) is 26.5 Å². The largest absolute Gasteiger partial charge is 0.476 e. The van der Waals surface area contributed by atoms with Gasteiger partial charge in [0.2, 0.25) is 0 Å². The zero-order valence-corrected chi connectivity index (χ0v) is 10.9. The van der Waals surface area contributed by atoms with Gasteiger partial charge in [-0.3, -0.25) is 9.36 Å². The number of aromatic nitrogens is 2. The molecule has 1 aromatic carbocycles. The SMILES string of the molecule is N#CCN1Cc2c(C(=O)O)ncn2-c2ccccc2C1=O. The number of carboxylic acid groups (broad SMARTS) is 1. The maximum Gasteiger partial charge on any atom is 0.356 e. The molecule has 0 radical (unpaired) electrons. The van der Waals surface area contributed by atoms with Gasteiger partial charge in [0, 0.05) is 0 Å². The highest BCUT2D eigenvalue weighted by Crippen LogP contribution is 2.25. The van der Waals surface area contributed by atoms with Gasteiger partial charge in [-0.1, -0.05) is 12.1 Å². The highest BCUT2D eigenvalue weighted by Gasteiger charge is 2.29. The molecule has 0 atom stereocenters. The molecule has 1 aliphatic heterocycles. The molecule has 0 spiro atoms. The van der Waals surface area contributed by atoms with E-state index in [-0.39, 0.29) is 24.7 Å². The van der Waals surface area contributed by atoms with Gasteiger partial charge in [-0.2, -0.15) is 5.26 Å². The predicted octanol–water partition coefficient (Wildman–Crippen LogP) is 1.05. The molecule has 0 bridgehead atoms. The van der Waals surface area contributed by atoms with Crippen LogP contribution in [0.15, 0.2) is 30.6 Å². The van der Waals surface area contributed by atoms with Gasteiger partial charge in [-0.25, -0.2) is 9.78 Å². The van der Waals surface area contributed by atoms with Crippen LogP contribution in [0.5, 0.6) is 0 Å². The number of hydrogen-bond acceptors (Lipinski definition) is 4. The first kappa shape index (κ1) is 12.9. The van der Waals surface area contributed by atoms with Crippen molar-refractivity contribution in [2.45, 2.75) is 6.54 Å². The van der Waals surface area contributed by atoms with Crippen LogP contribution in [0.3, 0.4) is 0 Å². The first-order chi connectivity index (χ1) is 10.1. The highest BCUT2D eigenvalue weighted by atomic mass is 16.4. The van der Waals surface area contributed by atoms with Gasteiger partial charge in [-0.15, -0.1) is 0 Å². The molecule has 2 heterocycles. The van der Waals surface area contributed by atoms with Gasteiger partial charge in [0.25, 0.3) is 5.91 Å². The van der Waals surface area contributed by atoms with Gasteiger partial charge in [0.05, 0.1) is 29.6 Å². The third-order valence-corrected chi connectivity index (χ3v) is 3.35. The molecule has 1 aromatic heterocycles. The number of imidazole rings is 1. The van der Waals surface area contributed by atoms with Gasteiger partial charge in [-0.05, 0) is 12.1 Å². The number of carbonyl (C=O) groups is 2. The molecule has 104 valence electrons. The van der Waals surface area contributed by atoms with E-state index in [1.807, 2.05) is 6.07 Å². The van der Waals surface area contributed by atoms with Gasteiger partial charge >= 0.3 is 5.97 Å². The molecule has 2 aromatic rings. The number of carboxylic acids is 1. The lowest BCUT2D eigenvalue weighted by Crippen LogP contribution is -2.30. The summed E-state index contributed by atoms with van der Waals surface area (Å²) >= 11 is 0. The summed E-state index contributed by atoms with van der Waals surface area (Å²) in [6.45, 7) is -0.0832. The third-order valence-electron chi connectivity index (χ3n) is 3.35. The van der Waals surface area contributed by atoms with Crippen LogP contribution in [-0.2, 0) is 6.54 Å². The molecule has 7 nitrogen and oxygen atoms in total. The van der Waals surface area contributed by atoms with Crippen LogP contribution in [0.2, 0.25) is 0 Å². The Morgan fingerprint density at radius 3 is 2.90 bits per heavy atom. The maximum atomic E-state index is 12.5. The predicted molar refractivity (Wildman–Crippen MR) is 70.9 cm³/mol. The number of fused-ring (bicyclic) bond motifs is 3. The van der Waals surface area contributed by atoms with E-state index >= 15 is 0 Å². The molecule has 0 aliphatic carbocycles. The van der Waals surface area contributed by atoms with Crippen molar-refractivity contribution < 1.29 is 14.7 Å². The van der Waals surface area contributed by atoms with Crippen molar-refractivity contribution in [2.75, 3.05) is 6.54 Å². The van der Waals surface area contributed by atoms with Crippen LogP contribution in [-0.4, -0.2) is 38.0 Å². The fourth-order valence-corrected chi connectivity index (χ4v) is 2.41. The molecular weight excluding hydrogens is 272 g/mol. The molecule has 1 aliphatic rings. The average molecular weight is 282 g/mol. The van der Waals surface area contributed by atoms with Gasteiger partial charge in [0.15, 0.2) is 5.69 Å². The molecule has 0 unspecified atom stereocenters. The minimum Gasteiger partial charge on any atom is -0.476 e. The van der Waals surface area contributed by atoms with Crippen LogP contribution in [0.25, 0.3) is 5.69 Å². The Bertz CT molecular complexity index is 788. The Balaban J connectivity index is 2.26. The number of para-hydroxylation sites is 1. The third kappa shape index (κ3) is 1.94. The van der Waals surface area contributed by atoms with E-state index in [2.05, 4.69) is 4.98 Å². The van der Waals surface area contributed by atoms with Crippen molar-refractivity contribution in [3.63, 3.8) is 0 Å². The Morgan fingerprint density at radius 2 is 2.19 bits per heavy atom. The standard InChI is InChI=1S/C14H10N4O3/c15-5-6-17-7-11-12(14(20)21)16-8-18(11)10-4-2-1-3-9(10)13(17)19/h1-4,8H,6-7H2,(H,20,21). The highest BCUT2D eigenvalue weighted by molar-refractivity contribution is 5.99. The van der Waals surface area contributed by atoms with E-state index in [4.69, 9.17) is 5.26 Å². The zero-order chi connectivity index (χ0) is 15.0. The van der Waals surface area contributed by atoms with Crippen molar-refractivity contribution in [1.82, 2.24) is 14.5 Å². The van der Waals surface area contributed by atoms with E-state index in [0.717, 1.165) is 0 Å². The average Bonchev–Trinajstić information content (AvgIpc) is 2.85. The van der Waals surface area contributed by atoms with Crippen LogP contribution >= 0.6 is 0 Å². The number of nitrogens with zero attached hydrogens (tertiary/aromatic N) is 4. The summed E-state index contributed by atoms with van der Waals surface area (Å²) in [5.74, 6) is -1.46. The fourth-order valence-electron chi connectivity index (χ4n) is 2.41. The number of nitriles is 1. The molecule has 3 rings (SSSR count). The summed E-state index contributed by atoms with van der Waals surface area (Å²) in [6.07, 6.45) is 1.39.